The van der Waals surface area contributed by atoms with Crippen molar-refractivity contribution in [2.75, 3.05) is 32.8 Å². The fourth-order valence-electron chi connectivity index (χ4n) is 2.32. The largest absolute Gasteiger partial charge is 0.450 e. The maximum absolute atomic E-state index is 12.7. The van der Waals surface area contributed by atoms with Gasteiger partial charge >= 0.3 is 6.09 Å². The number of hydrogen-bond acceptors (Lipinski definition) is 4. The first-order chi connectivity index (χ1) is 10.4. The second-order valence-corrected chi connectivity index (χ2v) is 7.82. The first-order valence-electron chi connectivity index (χ1n) is 7.04. The number of carbonyl (C=O) groups excluding carboxylic acids is 1. The van der Waals surface area contributed by atoms with Gasteiger partial charge in [-0.25, -0.2) is 13.2 Å². The number of halogens is 1. The quantitative estimate of drug-likeness (QED) is 0.793. The van der Waals surface area contributed by atoms with Crippen molar-refractivity contribution < 1.29 is 17.9 Å². The van der Waals surface area contributed by atoms with E-state index in [9.17, 15) is 13.2 Å². The summed E-state index contributed by atoms with van der Waals surface area (Å²) in [6, 6.07) is 5.20. The lowest BCUT2D eigenvalue weighted by molar-refractivity contribution is 0.0934. The molecule has 1 heterocycles. The summed E-state index contributed by atoms with van der Waals surface area (Å²) in [7, 11) is -3.55. The average Bonchev–Trinajstić information content (AvgIpc) is 2.50. The molecular formula is C14H19BrN2O4S. The van der Waals surface area contributed by atoms with Crippen LogP contribution in [0.15, 0.2) is 27.6 Å². The van der Waals surface area contributed by atoms with Crippen LogP contribution in [0, 0.1) is 6.92 Å². The van der Waals surface area contributed by atoms with Crippen LogP contribution in [0.25, 0.3) is 0 Å². The van der Waals surface area contributed by atoms with Crippen LogP contribution in [-0.4, -0.2) is 56.5 Å². The van der Waals surface area contributed by atoms with Gasteiger partial charge in [0.15, 0.2) is 0 Å². The first kappa shape index (κ1) is 17.2. The Morgan fingerprint density at radius 1 is 1.27 bits per heavy atom. The molecule has 2 rings (SSSR count). The van der Waals surface area contributed by atoms with E-state index in [0.717, 1.165) is 4.47 Å². The molecule has 1 saturated heterocycles. The number of sulfonamides is 1. The maximum Gasteiger partial charge on any atom is 0.409 e. The number of amides is 1. The van der Waals surface area contributed by atoms with E-state index in [0.29, 0.717) is 30.2 Å². The average molecular weight is 391 g/mol. The van der Waals surface area contributed by atoms with E-state index in [2.05, 4.69) is 15.9 Å². The van der Waals surface area contributed by atoms with Crippen LogP contribution in [0.4, 0.5) is 4.79 Å². The highest BCUT2D eigenvalue weighted by Crippen LogP contribution is 2.24. The van der Waals surface area contributed by atoms with Crippen molar-refractivity contribution in [3.05, 3.63) is 28.2 Å². The molecule has 1 amide bonds. The highest BCUT2D eigenvalue weighted by atomic mass is 79.9. The number of benzene rings is 1. The molecule has 6 nitrogen and oxygen atoms in total. The molecule has 0 radical (unpaired) electrons. The number of piperazine rings is 1. The first-order valence-corrected chi connectivity index (χ1v) is 9.27. The van der Waals surface area contributed by atoms with Gasteiger partial charge in [-0.3, -0.25) is 0 Å². The molecular weight excluding hydrogens is 372 g/mol. The summed E-state index contributed by atoms with van der Waals surface area (Å²) < 4.78 is 32.5. The SMILES string of the molecule is CCOC(=O)N1CCN(S(=O)(=O)c2cc(Br)ccc2C)CC1. The minimum Gasteiger partial charge on any atom is -0.450 e. The maximum atomic E-state index is 12.7. The molecule has 8 heteroatoms. The number of hydrogen-bond donors (Lipinski definition) is 0. The molecule has 0 saturated carbocycles. The Morgan fingerprint density at radius 3 is 2.50 bits per heavy atom. The van der Waals surface area contributed by atoms with Crippen molar-refractivity contribution in [2.24, 2.45) is 0 Å². The van der Waals surface area contributed by atoms with Crippen molar-refractivity contribution in [1.82, 2.24) is 9.21 Å². The van der Waals surface area contributed by atoms with Gasteiger partial charge in [-0.1, -0.05) is 22.0 Å². The monoisotopic (exact) mass is 390 g/mol. The zero-order chi connectivity index (χ0) is 16.3. The minimum atomic E-state index is -3.55. The van der Waals surface area contributed by atoms with E-state index in [1.807, 2.05) is 6.07 Å². The third kappa shape index (κ3) is 3.61. The molecule has 0 spiro atoms. The number of ether oxygens (including phenoxy) is 1. The van der Waals surface area contributed by atoms with Crippen LogP contribution >= 0.6 is 15.9 Å². The van der Waals surface area contributed by atoms with Gasteiger partial charge in [-0.05, 0) is 31.5 Å². The summed E-state index contributed by atoms with van der Waals surface area (Å²) in [5.74, 6) is 0. The fourth-order valence-corrected chi connectivity index (χ4v) is 4.50. The van der Waals surface area contributed by atoms with E-state index in [-0.39, 0.29) is 13.1 Å². The number of rotatable bonds is 3. The van der Waals surface area contributed by atoms with Gasteiger partial charge in [-0.15, -0.1) is 0 Å². The summed E-state index contributed by atoms with van der Waals surface area (Å²) in [6.45, 7) is 5.05. The lowest BCUT2D eigenvalue weighted by atomic mass is 10.2. The highest BCUT2D eigenvalue weighted by molar-refractivity contribution is 9.10. The highest BCUT2D eigenvalue weighted by Gasteiger charge is 2.31. The topological polar surface area (TPSA) is 66.9 Å². The van der Waals surface area contributed by atoms with E-state index < -0.39 is 16.1 Å². The predicted octanol–water partition coefficient (Wildman–Crippen LogP) is 2.22. The summed E-state index contributed by atoms with van der Waals surface area (Å²) >= 11 is 3.31. The molecule has 1 aliphatic rings. The molecule has 0 N–H and O–H groups in total. The second kappa shape index (κ2) is 6.97. The summed E-state index contributed by atoms with van der Waals surface area (Å²) in [5, 5.41) is 0. The van der Waals surface area contributed by atoms with Gasteiger partial charge in [0.1, 0.15) is 0 Å². The lowest BCUT2D eigenvalue weighted by Crippen LogP contribution is -2.50. The molecule has 1 aromatic carbocycles. The van der Waals surface area contributed by atoms with Crippen LogP contribution < -0.4 is 0 Å². The summed E-state index contributed by atoms with van der Waals surface area (Å²) in [6.07, 6.45) is -0.391. The molecule has 0 aromatic heterocycles. The lowest BCUT2D eigenvalue weighted by Gasteiger charge is -2.33. The van der Waals surface area contributed by atoms with Gasteiger partial charge < -0.3 is 9.64 Å². The van der Waals surface area contributed by atoms with Gasteiger partial charge in [0.25, 0.3) is 0 Å². The second-order valence-electron chi connectivity index (χ2n) is 5.00. The number of nitrogens with zero attached hydrogens (tertiary/aromatic N) is 2. The van der Waals surface area contributed by atoms with Crippen molar-refractivity contribution in [3.8, 4) is 0 Å². The van der Waals surface area contributed by atoms with Gasteiger partial charge in [0, 0.05) is 30.7 Å². The third-order valence-corrected chi connectivity index (χ3v) is 6.07. The Kier molecular flexibility index (Phi) is 5.46. The Morgan fingerprint density at radius 2 is 1.91 bits per heavy atom. The fraction of sp³-hybridized carbons (Fsp3) is 0.500. The Bertz CT molecular complexity index is 655. The van der Waals surface area contributed by atoms with Crippen molar-refractivity contribution in [2.45, 2.75) is 18.7 Å². The van der Waals surface area contributed by atoms with Gasteiger partial charge in [0.05, 0.1) is 11.5 Å². The molecule has 0 unspecified atom stereocenters. The molecule has 122 valence electrons. The van der Waals surface area contributed by atoms with Crippen LogP contribution in [-0.2, 0) is 14.8 Å². The number of carbonyl (C=O) groups is 1. The Labute approximate surface area is 139 Å². The van der Waals surface area contributed by atoms with Crippen molar-refractivity contribution >= 4 is 32.0 Å². The van der Waals surface area contributed by atoms with Crippen molar-refractivity contribution in [3.63, 3.8) is 0 Å². The summed E-state index contributed by atoms with van der Waals surface area (Å²) in [4.78, 5) is 13.5. The minimum absolute atomic E-state index is 0.271. The van der Waals surface area contributed by atoms with Gasteiger partial charge in [0.2, 0.25) is 10.0 Å². The van der Waals surface area contributed by atoms with Gasteiger partial charge in [-0.2, -0.15) is 4.31 Å². The Balaban J connectivity index is 2.13. The molecule has 0 aliphatic carbocycles. The van der Waals surface area contributed by atoms with Crippen LogP contribution in [0.3, 0.4) is 0 Å². The number of aryl methyl sites for hydroxylation is 1. The molecule has 1 fully saturated rings. The molecule has 0 atom stereocenters. The van der Waals surface area contributed by atoms with Crippen LogP contribution in [0.2, 0.25) is 0 Å². The third-order valence-electron chi connectivity index (χ3n) is 3.53. The van der Waals surface area contributed by atoms with E-state index in [1.54, 1.807) is 26.0 Å². The van der Waals surface area contributed by atoms with Crippen LogP contribution in [0.1, 0.15) is 12.5 Å². The van der Waals surface area contributed by atoms with E-state index in [4.69, 9.17) is 4.74 Å². The van der Waals surface area contributed by atoms with E-state index >= 15 is 0 Å². The molecule has 1 aliphatic heterocycles. The summed E-state index contributed by atoms with van der Waals surface area (Å²) in [5.41, 5.74) is 0.705. The standard InChI is InChI=1S/C14H19BrN2O4S/c1-3-21-14(18)16-6-8-17(9-7-16)22(19,20)13-10-12(15)5-4-11(13)2/h4-5,10H,3,6-9H2,1-2H3. The zero-order valence-corrected chi connectivity index (χ0v) is 15.0. The molecule has 0 bridgehead atoms. The smallest absolute Gasteiger partial charge is 0.409 e. The Hall–Kier alpha value is -1.12. The van der Waals surface area contributed by atoms with Crippen LogP contribution in [0.5, 0.6) is 0 Å². The normalized spacial score (nSPS) is 16.6. The van der Waals surface area contributed by atoms with E-state index in [1.165, 1.54) is 9.21 Å². The van der Waals surface area contributed by atoms with Crippen molar-refractivity contribution in [1.29, 1.82) is 0 Å². The molecule has 1 aromatic rings. The molecule has 22 heavy (non-hydrogen) atoms. The zero-order valence-electron chi connectivity index (χ0n) is 12.6. The predicted molar refractivity (Wildman–Crippen MR) is 86.2 cm³/mol.